The summed E-state index contributed by atoms with van der Waals surface area (Å²) in [6.45, 7) is 7.14. The van der Waals surface area contributed by atoms with Crippen LogP contribution < -0.4 is 5.73 Å². The highest BCUT2D eigenvalue weighted by Gasteiger charge is 2.62. The number of hydrogen-bond donors (Lipinski definition) is 2. The highest BCUT2D eigenvalue weighted by Crippen LogP contribution is 2.54. The van der Waals surface area contributed by atoms with Crippen molar-refractivity contribution in [3.8, 4) is 0 Å². The Hall–Kier alpha value is -2.74. The van der Waals surface area contributed by atoms with Crippen molar-refractivity contribution in [2.45, 2.75) is 89.9 Å². The second kappa shape index (κ2) is 9.61. The van der Waals surface area contributed by atoms with Gasteiger partial charge >= 0.3 is 12.1 Å². The van der Waals surface area contributed by atoms with E-state index in [1.54, 1.807) is 49.6 Å². The van der Waals surface area contributed by atoms with Gasteiger partial charge in [-0.1, -0.05) is 68.8 Å². The van der Waals surface area contributed by atoms with Crippen molar-refractivity contribution in [2.24, 2.45) is 17.6 Å². The van der Waals surface area contributed by atoms with Crippen LogP contribution in [-0.2, 0) is 9.53 Å². The van der Waals surface area contributed by atoms with Crippen molar-refractivity contribution in [1.82, 2.24) is 9.47 Å². The molecular weight excluding hydrogens is 482 g/mol. The Balaban J connectivity index is 1.99. The first-order valence-corrected chi connectivity index (χ1v) is 13.2. The molecule has 0 bridgehead atoms. The third-order valence-electron chi connectivity index (χ3n) is 7.93. The number of carbonyl (C=O) groups is 3. The molecule has 1 aromatic heterocycles. The monoisotopic (exact) mass is 517 g/mol. The van der Waals surface area contributed by atoms with Crippen molar-refractivity contribution < 1.29 is 24.2 Å². The first kappa shape index (κ1) is 26.3. The number of amides is 2. The molecule has 2 heterocycles. The van der Waals surface area contributed by atoms with Crippen LogP contribution in [0.2, 0.25) is 5.02 Å². The van der Waals surface area contributed by atoms with Crippen LogP contribution >= 0.6 is 11.6 Å². The number of likely N-dealkylation sites (tertiary alicyclic amines) is 1. The number of benzene rings is 1. The number of hydrogen-bond acceptors (Lipinski definition) is 4. The van der Waals surface area contributed by atoms with E-state index in [2.05, 4.69) is 0 Å². The normalized spacial score (nSPS) is 25.3. The summed E-state index contributed by atoms with van der Waals surface area (Å²) in [6, 6.07) is 7.13. The number of halogens is 1. The van der Waals surface area contributed by atoms with Crippen LogP contribution in [0.4, 0.5) is 4.79 Å². The number of carboxylic acid groups (broad SMARTS) is 1. The van der Waals surface area contributed by atoms with Crippen molar-refractivity contribution >= 4 is 40.5 Å². The lowest BCUT2D eigenvalue weighted by atomic mass is 9.69. The summed E-state index contributed by atoms with van der Waals surface area (Å²) in [4.78, 5) is 41.2. The molecule has 2 amide bonds. The molecular formula is C27H36ClN3O5. The molecule has 196 valence electrons. The Morgan fingerprint density at radius 1 is 1.17 bits per heavy atom. The van der Waals surface area contributed by atoms with Crippen LogP contribution in [0, 0.1) is 11.8 Å². The summed E-state index contributed by atoms with van der Waals surface area (Å²) in [5.41, 5.74) is 4.47. The molecule has 1 unspecified atom stereocenters. The topological polar surface area (TPSA) is 115 Å². The van der Waals surface area contributed by atoms with Gasteiger partial charge in [-0.15, -0.1) is 0 Å². The van der Waals surface area contributed by atoms with Gasteiger partial charge in [0.2, 0.25) is 5.91 Å². The smallest absolute Gasteiger partial charge is 0.412 e. The fraction of sp³-hybridized carbons (Fsp3) is 0.593. The highest BCUT2D eigenvalue weighted by atomic mass is 35.5. The van der Waals surface area contributed by atoms with Gasteiger partial charge in [0, 0.05) is 5.39 Å². The molecule has 36 heavy (non-hydrogen) atoms. The maximum absolute atomic E-state index is 13.9. The summed E-state index contributed by atoms with van der Waals surface area (Å²) in [5.74, 6) is -1.85. The standard InChI is InChI=1S/C27H36ClN3O5/c1-5-27(24(29)34)18(16-11-7-6-8-12-16)15-20(31(27)25(35)36-26(2,3)4)30-19-14-10-9-13-17(19)21(28)22(30)23(32)33/h9-10,13-14,16,18,20H,5-8,11-12,15H2,1-4H3,(H2,29,34)(H,32,33)/t18-,20?,27-/m0/s1. The molecule has 9 heteroatoms. The number of nitrogens with two attached hydrogens (primary N) is 1. The zero-order chi connectivity index (χ0) is 26.4. The van der Waals surface area contributed by atoms with Crippen molar-refractivity contribution in [1.29, 1.82) is 0 Å². The van der Waals surface area contributed by atoms with Crippen LogP contribution in [0.25, 0.3) is 10.9 Å². The van der Waals surface area contributed by atoms with E-state index in [0.29, 0.717) is 23.7 Å². The zero-order valence-corrected chi connectivity index (χ0v) is 22.2. The summed E-state index contributed by atoms with van der Waals surface area (Å²) < 4.78 is 7.42. The minimum absolute atomic E-state index is 0.101. The lowest BCUT2D eigenvalue weighted by molar-refractivity contribution is -0.134. The molecule has 1 aliphatic heterocycles. The number of aromatic carboxylic acids is 1. The number of nitrogens with zero attached hydrogens (tertiary/aromatic N) is 2. The molecule has 2 fully saturated rings. The van der Waals surface area contributed by atoms with Gasteiger partial charge in [-0.25, -0.2) is 9.59 Å². The van der Waals surface area contributed by atoms with Crippen molar-refractivity contribution in [3.05, 3.63) is 35.0 Å². The quantitative estimate of drug-likeness (QED) is 0.507. The van der Waals surface area contributed by atoms with Gasteiger partial charge in [-0.2, -0.15) is 0 Å². The van der Waals surface area contributed by atoms with Crippen LogP contribution in [0.15, 0.2) is 24.3 Å². The van der Waals surface area contributed by atoms with Gasteiger partial charge in [-0.05, 0) is 51.5 Å². The lowest BCUT2D eigenvalue weighted by Crippen LogP contribution is -2.61. The minimum Gasteiger partial charge on any atom is -0.477 e. The Morgan fingerprint density at radius 2 is 1.81 bits per heavy atom. The predicted octanol–water partition coefficient (Wildman–Crippen LogP) is 5.96. The Bertz CT molecular complexity index is 1180. The molecule has 1 saturated carbocycles. The molecule has 0 spiro atoms. The molecule has 2 aromatic rings. The molecule has 1 aliphatic carbocycles. The average molecular weight is 518 g/mol. The number of rotatable bonds is 5. The Kier molecular flexibility index (Phi) is 7.03. The van der Waals surface area contributed by atoms with E-state index in [1.165, 1.54) is 4.90 Å². The van der Waals surface area contributed by atoms with Gasteiger partial charge in [-0.3, -0.25) is 9.69 Å². The van der Waals surface area contributed by atoms with E-state index in [-0.39, 0.29) is 22.6 Å². The fourth-order valence-corrected chi connectivity index (χ4v) is 6.88. The van der Waals surface area contributed by atoms with E-state index in [4.69, 9.17) is 22.1 Å². The van der Waals surface area contributed by atoms with Crippen LogP contribution in [-0.4, -0.2) is 43.7 Å². The maximum Gasteiger partial charge on any atom is 0.412 e. The van der Waals surface area contributed by atoms with Crippen molar-refractivity contribution in [2.75, 3.05) is 0 Å². The largest absolute Gasteiger partial charge is 0.477 e. The molecule has 3 N–H and O–H groups in total. The molecule has 4 rings (SSSR count). The highest BCUT2D eigenvalue weighted by molar-refractivity contribution is 6.38. The summed E-state index contributed by atoms with van der Waals surface area (Å²) >= 11 is 6.59. The SMILES string of the molecule is CC[C@@]1(C(N)=O)[C@H](C2CCCCC2)CC(n2c(C(=O)O)c(Cl)c3ccccc32)N1C(=O)OC(C)(C)C. The number of carbonyl (C=O) groups excluding carboxylic acids is 2. The molecule has 0 radical (unpaired) electrons. The van der Waals surface area contributed by atoms with Gasteiger partial charge < -0.3 is 20.1 Å². The molecule has 8 nitrogen and oxygen atoms in total. The van der Waals surface area contributed by atoms with E-state index in [9.17, 15) is 19.5 Å². The number of fused-ring (bicyclic) bond motifs is 1. The number of carboxylic acids is 1. The van der Waals surface area contributed by atoms with Crippen LogP contribution in [0.1, 0.15) is 89.3 Å². The van der Waals surface area contributed by atoms with Crippen molar-refractivity contribution in [3.63, 3.8) is 0 Å². The van der Waals surface area contributed by atoms with Gasteiger partial charge in [0.15, 0.2) is 0 Å². The zero-order valence-electron chi connectivity index (χ0n) is 21.4. The minimum atomic E-state index is -1.32. The third-order valence-corrected chi connectivity index (χ3v) is 8.31. The second-order valence-electron chi connectivity index (χ2n) is 11.1. The predicted molar refractivity (Wildman–Crippen MR) is 138 cm³/mol. The van der Waals surface area contributed by atoms with E-state index in [0.717, 1.165) is 32.1 Å². The Morgan fingerprint density at radius 3 is 2.36 bits per heavy atom. The number of ether oxygens (including phenoxy) is 1. The summed E-state index contributed by atoms with van der Waals surface area (Å²) in [7, 11) is 0. The van der Waals surface area contributed by atoms with E-state index < -0.39 is 35.3 Å². The molecule has 2 aliphatic rings. The fourth-order valence-electron chi connectivity index (χ4n) is 6.55. The maximum atomic E-state index is 13.9. The molecule has 1 aromatic carbocycles. The number of primary amides is 1. The van der Waals surface area contributed by atoms with Crippen LogP contribution in [0.3, 0.4) is 0 Å². The summed E-state index contributed by atoms with van der Waals surface area (Å²) in [6.07, 6.45) is 4.31. The van der Waals surface area contributed by atoms with E-state index >= 15 is 0 Å². The number of para-hydroxylation sites is 1. The molecule has 1 saturated heterocycles. The van der Waals surface area contributed by atoms with Crippen LogP contribution in [0.5, 0.6) is 0 Å². The third kappa shape index (κ3) is 4.23. The summed E-state index contributed by atoms with van der Waals surface area (Å²) in [5, 5.41) is 10.9. The van der Waals surface area contributed by atoms with Gasteiger partial charge in [0.05, 0.1) is 10.5 Å². The van der Waals surface area contributed by atoms with Gasteiger partial charge in [0.1, 0.15) is 23.0 Å². The first-order chi connectivity index (χ1) is 16.9. The molecule has 3 atom stereocenters. The Labute approximate surface area is 216 Å². The van der Waals surface area contributed by atoms with Gasteiger partial charge in [0.25, 0.3) is 0 Å². The average Bonchev–Trinajstić information content (AvgIpc) is 3.32. The first-order valence-electron chi connectivity index (χ1n) is 12.8. The van der Waals surface area contributed by atoms with E-state index in [1.807, 2.05) is 6.92 Å². The lowest BCUT2D eigenvalue weighted by Gasteiger charge is -2.44. The number of aromatic nitrogens is 1. The second-order valence-corrected chi connectivity index (χ2v) is 11.4.